The second-order valence-electron chi connectivity index (χ2n) is 5.03. The molecule has 2 N–H and O–H groups in total. The van der Waals surface area contributed by atoms with Crippen LogP contribution in [0.1, 0.15) is 18.4 Å². The van der Waals surface area contributed by atoms with Crippen molar-refractivity contribution < 1.29 is 4.79 Å². The van der Waals surface area contributed by atoms with E-state index in [1.54, 1.807) is 4.90 Å². The molecule has 0 aliphatic carbocycles. The van der Waals surface area contributed by atoms with E-state index in [-0.39, 0.29) is 29.9 Å². The van der Waals surface area contributed by atoms with Gasteiger partial charge in [0.05, 0.1) is 0 Å². The van der Waals surface area contributed by atoms with Crippen molar-refractivity contribution in [1.82, 2.24) is 15.5 Å². The van der Waals surface area contributed by atoms with Gasteiger partial charge in [-0.1, -0.05) is 34.1 Å². The summed E-state index contributed by atoms with van der Waals surface area (Å²) in [4.78, 5) is 18.2. The molecule has 0 unspecified atom stereocenters. The number of benzene rings is 1. The molecule has 1 aliphatic heterocycles. The number of hydrogen-bond acceptors (Lipinski definition) is 4. The van der Waals surface area contributed by atoms with Gasteiger partial charge >= 0.3 is 0 Å². The lowest BCUT2D eigenvalue weighted by Crippen LogP contribution is -2.42. The highest BCUT2D eigenvalue weighted by molar-refractivity contribution is 14.0. The number of rotatable bonds is 5. The third kappa shape index (κ3) is 6.12. The van der Waals surface area contributed by atoms with Crippen LogP contribution in [0.3, 0.4) is 0 Å². The summed E-state index contributed by atoms with van der Waals surface area (Å²) in [6, 6.07) is 7.96. The Bertz CT molecular complexity index is 524. The second-order valence-corrected chi connectivity index (χ2v) is 5.88. The van der Waals surface area contributed by atoms with Gasteiger partial charge in [-0.25, -0.2) is 0 Å². The number of hydrogen-bond donors (Lipinski definition) is 2. The largest absolute Gasteiger partial charge is 0.356 e. The number of carbonyl (C=O) groups excluding carboxylic acids is 1. The molecular weight excluding hydrogens is 459 g/mol. The van der Waals surface area contributed by atoms with Crippen molar-refractivity contribution in [2.45, 2.75) is 19.4 Å². The SMILES string of the molecule is CN(Cc1ccccc1Br)C(=O)CCNC1=NCCCN1.I. The average molecular weight is 481 g/mol. The van der Waals surface area contributed by atoms with Gasteiger partial charge in [0.2, 0.25) is 5.91 Å². The van der Waals surface area contributed by atoms with E-state index in [0.29, 0.717) is 19.5 Å². The first kappa shape index (κ1) is 19.2. The van der Waals surface area contributed by atoms with Gasteiger partial charge in [-0.05, 0) is 18.1 Å². The summed E-state index contributed by atoms with van der Waals surface area (Å²) in [5.74, 6) is 0.928. The molecule has 1 amide bonds. The van der Waals surface area contributed by atoms with Gasteiger partial charge in [0.15, 0.2) is 5.96 Å². The number of nitrogens with one attached hydrogen (secondary N) is 2. The molecule has 22 heavy (non-hydrogen) atoms. The first-order chi connectivity index (χ1) is 10.2. The maximum absolute atomic E-state index is 12.1. The summed E-state index contributed by atoms with van der Waals surface area (Å²) in [5.41, 5.74) is 1.11. The highest BCUT2D eigenvalue weighted by Gasteiger charge is 2.11. The Labute approximate surface area is 157 Å². The minimum atomic E-state index is 0. The van der Waals surface area contributed by atoms with E-state index in [2.05, 4.69) is 31.6 Å². The molecule has 122 valence electrons. The van der Waals surface area contributed by atoms with E-state index in [9.17, 15) is 4.79 Å². The zero-order valence-corrected chi connectivity index (χ0v) is 16.6. The van der Waals surface area contributed by atoms with Gasteiger partial charge < -0.3 is 15.5 Å². The van der Waals surface area contributed by atoms with Gasteiger partial charge in [0, 0.05) is 44.1 Å². The molecule has 0 bridgehead atoms. The normalized spacial score (nSPS) is 13.5. The van der Waals surface area contributed by atoms with E-state index in [1.807, 2.05) is 31.3 Å². The summed E-state index contributed by atoms with van der Waals surface area (Å²) in [7, 11) is 1.83. The van der Waals surface area contributed by atoms with Crippen LogP contribution in [0.15, 0.2) is 33.7 Å². The maximum Gasteiger partial charge on any atom is 0.224 e. The molecule has 5 nitrogen and oxygen atoms in total. The monoisotopic (exact) mass is 480 g/mol. The minimum Gasteiger partial charge on any atom is -0.356 e. The molecule has 0 radical (unpaired) electrons. The first-order valence-corrected chi connectivity index (χ1v) is 7.95. The number of carbonyl (C=O) groups is 1. The van der Waals surface area contributed by atoms with Crippen molar-refractivity contribution in [2.24, 2.45) is 4.99 Å². The molecule has 0 aromatic heterocycles. The molecule has 0 saturated heterocycles. The minimum absolute atomic E-state index is 0. The Morgan fingerprint density at radius 2 is 2.23 bits per heavy atom. The Kier molecular flexibility index (Phi) is 8.77. The maximum atomic E-state index is 12.1. The van der Waals surface area contributed by atoms with E-state index in [4.69, 9.17) is 0 Å². The molecule has 0 saturated carbocycles. The number of halogens is 2. The third-order valence-corrected chi connectivity index (χ3v) is 4.09. The van der Waals surface area contributed by atoms with Crippen LogP contribution in [0, 0.1) is 0 Å². The number of aliphatic imine (C=N–C) groups is 1. The first-order valence-electron chi connectivity index (χ1n) is 7.16. The van der Waals surface area contributed by atoms with Gasteiger partial charge in [0.25, 0.3) is 0 Å². The zero-order chi connectivity index (χ0) is 15.1. The molecule has 2 rings (SSSR count). The Morgan fingerprint density at radius 1 is 1.45 bits per heavy atom. The van der Waals surface area contributed by atoms with E-state index in [1.165, 1.54) is 0 Å². The molecule has 1 heterocycles. The predicted molar refractivity (Wildman–Crippen MR) is 104 cm³/mol. The van der Waals surface area contributed by atoms with Crippen LogP contribution in [0.4, 0.5) is 0 Å². The van der Waals surface area contributed by atoms with Crippen LogP contribution in [0.5, 0.6) is 0 Å². The number of amides is 1. The van der Waals surface area contributed by atoms with Crippen molar-refractivity contribution in [3.63, 3.8) is 0 Å². The third-order valence-electron chi connectivity index (χ3n) is 3.32. The van der Waals surface area contributed by atoms with E-state index in [0.717, 1.165) is 35.5 Å². The van der Waals surface area contributed by atoms with Crippen LogP contribution in [0.25, 0.3) is 0 Å². The van der Waals surface area contributed by atoms with Crippen LogP contribution in [-0.2, 0) is 11.3 Å². The summed E-state index contributed by atoms with van der Waals surface area (Å²) >= 11 is 3.50. The second kappa shape index (κ2) is 10.0. The highest BCUT2D eigenvalue weighted by atomic mass is 127. The summed E-state index contributed by atoms with van der Waals surface area (Å²) in [5, 5.41) is 6.34. The van der Waals surface area contributed by atoms with Gasteiger partial charge in [-0.2, -0.15) is 0 Å². The Morgan fingerprint density at radius 3 is 2.91 bits per heavy atom. The predicted octanol–water partition coefficient (Wildman–Crippen LogP) is 2.35. The van der Waals surface area contributed by atoms with Crippen LogP contribution >= 0.6 is 39.9 Å². The Balaban J connectivity index is 0.00000242. The molecule has 1 aromatic carbocycles. The molecule has 0 spiro atoms. The summed E-state index contributed by atoms with van der Waals surface area (Å²) in [6.07, 6.45) is 1.53. The zero-order valence-electron chi connectivity index (χ0n) is 12.6. The average Bonchev–Trinajstić information content (AvgIpc) is 2.50. The van der Waals surface area contributed by atoms with E-state index >= 15 is 0 Å². The smallest absolute Gasteiger partial charge is 0.224 e. The molecule has 1 aliphatic rings. The molecule has 0 fully saturated rings. The fourth-order valence-electron chi connectivity index (χ4n) is 2.10. The lowest BCUT2D eigenvalue weighted by atomic mass is 10.2. The number of nitrogens with zero attached hydrogens (tertiary/aromatic N) is 2. The molecule has 7 heteroatoms. The van der Waals surface area contributed by atoms with Gasteiger partial charge in [0.1, 0.15) is 0 Å². The van der Waals surface area contributed by atoms with Gasteiger partial charge in [-0.15, -0.1) is 24.0 Å². The van der Waals surface area contributed by atoms with Crippen LogP contribution < -0.4 is 10.6 Å². The van der Waals surface area contributed by atoms with Gasteiger partial charge in [-0.3, -0.25) is 9.79 Å². The van der Waals surface area contributed by atoms with Crippen molar-refractivity contribution in [3.05, 3.63) is 34.3 Å². The quantitative estimate of drug-likeness (QED) is 0.636. The lowest BCUT2D eigenvalue weighted by Gasteiger charge is -2.19. The topological polar surface area (TPSA) is 56.7 Å². The highest BCUT2D eigenvalue weighted by Crippen LogP contribution is 2.17. The molecule has 1 aromatic rings. The fourth-order valence-corrected chi connectivity index (χ4v) is 2.51. The lowest BCUT2D eigenvalue weighted by molar-refractivity contribution is -0.130. The summed E-state index contributed by atoms with van der Waals surface area (Å²) < 4.78 is 1.03. The Hall–Kier alpha value is -0.830. The van der Waals surface area contributed by atoms with Crippen molar-refractivity contribution in [1.29, 1.82) is 0 Å². The van der Waals surface area contributed by atoms with Crippen molar-refractivity contribution in [3.8, 4) is 0 Å². The standard InChI is InChI=1S/C15H21BrN4O.HI/c1-20(11-12-5-2-3-6-13(12)16)14(21)7-10-19-15-17-8-4-9-18-15;/h2-3,5-6H,4,7-11H2,1H3,(H2,17,18,19);1H. The fraction of sp³-hybridized carbons (Fsp3) is 0.467. The summed E-state index contributed by atoms with van der Waals surface area (Å²) in [6.45, 7) is 3.01. The van der Waals surface area contributed by atoms with Crippen molar-refractivity contribution in [2.75, 3.05) is 26.7 Å². The number of guanidine groups is 1. The van der Waals surface area contributed by atoms with Crippen LogP contribution in [0.2, 0.25) is 0 Å². The van der Waals surface area contributed by atoms with Crippen LogP contribution in [-0.4, -0.2) is 43.4 Å². The molecular formula is C15H22BrIN4O. The van der Waals surface area contributed by atoms with Crippen molar-refractivity contribution >= 4 is 51.8 Å². The van der Waals surface area contributed by atoms with E-state index < -0.39 is 0 Å². The molecule has 0 atom stereocenters.